The molecular formula is C15H28NO2+. The zero-order chi connectivity index (χ0) is 13.3. The molecule has 2 rings (SSSR count). The summed E-state index contributed by atoms with van der Waals surface area (Å²) in [6.07, 6.45) is 7.92. The van der Waals surface area contributed by atoms with Crippen molar-refractivity contribution in [1.29, 1.82) is 0 Å². The molecule has 3 heteroatoms. The van der Waals surface area contributed by atoms with Gasteiger partial charge in [-0.25, -0.2) is 0 Å². The van der Waals surface area contributed by atoms with Crippen LogP contribution in [-0.2, 0) is 9.53 Å². The predicted molar refractivity (Wildman–Crippen MR) is 72.1 cm³/mol. The molecule has 0 bridgehead atoms. The lowest BCUT2D eigenvalue weighted by atomic mass is 9.68. The number of hydrogen-bond acceptors (Lipinski definition) is 2. The van der Waals surface area contributed by atoms with Crippen molar-refractivity contribution < 1.29 is 14.0 Å². The highest BCUT2D eigenvalue weighted by Gasteiger charge is 2.45. The quantitative estimate of drug-likeness (QED) is 0.559. The van der Waals surface area contributed by atoms with E-state index in [1.165, 1.54) is 32.1 Å². The van der Waals surface area contributed by atoms with Gasteiger partial charge in [0.25, 0.3) is 0 Å². The van der Waals surface area contributed by atoms with E-state index in [-0.39, 0.29) is 12.1 Å². The maximum Gasteiger partial charge on any atom is 0.303 e. The summed E-state index contributed by atoms with van der Waals surface area (Å²) in [6, 6.07) is 0.466. The number of likely N-dealkylation sites (N-methyl/N-ethyl adjacent to an activating group) is 1. The van der Waals surface area contributed by atoms with Crippen molar-refractivity contribution in [1.82, 2.24) is 0 Å². The van der Waals surface area contributed by atoms with Gasteiger partial charge in [-0.2, -0.15) is 0 Å². The summed E-state index contributed by atoms with van der Waals surface area (Å²) in [5.74, 6) is 1.55. The molecule has 104 valence electrons. The van der Waals surface area contributed by atoms with Crippen LogP contribution in [0.4, 0.5) is 0 Å². The SMILES string of the molecule is CC(=O)OC1CC2CCCCC2CC1[N+](C)(C)C. The summed E-state index contributed by atoms with van der Waals surface area (Å²) in [4.78, 5) is 11.3. The van der Waals surface area contributed by atoms with E-state index >= 15 is 0 Å². The summed E-state index contributed by atoms with van der Waals surface area (Å²) in [7, 11) is 6.68. The van der Waals surface area contributed by atoms with E-state index in [1.807, 2.05) is 0 Å². The minimum Gasteiger partial charge on any atom is -0.456 e. The van der Waals surface area contributed by atoms with Gasteiger partial charge in [0.2, 0.25) is 0 Å². The van der Waals surface area contributed by atoms with E-state index in [4.69, 9.17) is 4.74 Å². The normalized spacial score (nSPS) is 36.9. The van der Waals surface area contributed by atoms with Crippen LogP contribution < -0.4 is 0 Å². The average molecular weight is 254 g/mol. The first-order valence-electron chi connectivity index (χ1n) is 7.36. The Hall–Kier alpha value is -0.570. The summed E-state index contributed by atoms with van der Waals surface area (Å²) in [5.41, 5.74) is 0. The lowest BCUT2D eigenvalue weighted by Crippen LogP contribution is -2.57. The molecule has 4 atom stereocenters. The number of carbonyl (C=O) groups is 1. The van der Waals surface area contributed by atoms with Crippen LogP contribution in [0.15, 0.2) is 0 Å². The van der Waals surface area contributed by atoms with Crippen molar-refractivity contribution in [2.45, 2.75) is 57.6 Å². The Morgan fingerprint density at radius 3 is 2.11 bits per heavy atom. The molecule has 0 radical (unpaired) electrons. The highest BCUT2D eigenvalue weighted by atomic mass is 16.5. The van der Waals surface area contributed by atoms with E-state index < -0.39 is 0 Å². The standard InChI is InChI=1S/C15H28NO2/c1-11(17)18-15-10-13-8-6-5-7-12(13)9-14(15)16(2,3)4/h12-15H,5-10H2,1-4H3/q+1. The minimum atomic E-state index is -0.118. The number of nitrogens with zero attached hydrogens (tertiary/aromatic N) is 1. The van der Waals surface area contributed by atoms with Crippen molar-refractivity contribution in [3.8, 4) is 0 Å². The van der Waals surface area contributed by atoms with Crippen LogP contribution in [0.3, 0.4) is 0 Å². The Balaban J connectivity index is 2.11. The summed E-state index contributed by atoms with van der Waals surface area (Å²) in [5, 5.41) is 0. The molecule has 2 fully saturated rings. The van der Waals surface area contributed by atoms with Crippen LogP contribution in [0.1, 0.15) is 45.4 Å². The molecule has 3 nitrogen and oxygen atoms in total. The third-order valence-corrected chi connectivity index (χ3v) is 4.89. The van der Waals surface area contributed by atoms with Crippen LogP contribution in [0.2, 0.25) is 0 Å². The highest BCUT2D eigenvalue weighted by Crippen LogP contribution is 2.43. The molecule has 2 saturated carbocycles. The molecule has 0 aromatic heterocycles. The van der Waals surface area contributed by atoms with Gasteiger partial charge in [0, 0.05) is 13.3 Å². The fourth-order valence-electron chi connectivity index (χ4n) is 3.98. The molecule has 0 amide bonds. The maximum atomic E-state index is 11.3. The summed E-state index contributed by atoms with van der Waals surface area (Å²) < 4.78 is 6.53. The van der Waals surface area contributed by atoms with Gasteiger partial charge in [0.15, 0.2) is 6.10 Å². The van der Waals surface area contributed by atoms with Gasteiger partial charge in [-0.05, 0) is 24.7 Å². The van der Waals surface area contributed by atoms with Crippen molar-refractivity contribution in [3.05, 3.63) is 0 Å². The second-order valence-electron chi connectivity index (χ2n) is 7.11. The monoisotopic (exact) mass is 254 g/mol. The predicted octanol–water partition coefficient (Wildman–Crippen LogP) is 2.59. The fourth-order valence-corrected chi connectivity index (χ4v) is 3.98. The van der Waals surface area contributed by atoms with E-state index in [0.29, 0.717) is 6.04 Å². The Kier molecular flexibility index (Phi) is 4.00. The summed E-state index contributed by atoms with van der Waals surface area (Å²) >= 11 is 0. The minimum absolute atomic E-state index is 0.118. The van der Waals surface area contributed by atoms with Gasteiger partial charge in [0.1, 0.15) is 6.04 Å². The number of carbonyl (C=O) groups excluding carboxylic acids is 1. The number of fused-ring (bicyclic) bond motifs is 1. The van der Waals surface area contributed by atoms with Crippen LogP contribution >= 0.6 is 0 Å². The van der Waals surface area contributed by atoms with Crippen molar-refractivity contribution in [2.75, 3.05) is 21.1 Å². The first kappa shape index (κ1) is 13.9. The third kappa shape index (κ3) is 3.05. The molecule has 0 aliphatic heterocycles. The molecule has 0 aromatic carbocycles. The smallest absolute Gasteiger partial charge is 0.303 e. The number of ether oxygens (including phenoxy) is 1. The van der Waals surface area contributed by atoms with Crippen LogP contribution in [0, 0.1) is 11.8 Å². The van der Waals surface area contributed by atoms with E-state index in [9.17, 15) is 4.79 Å². The maximum absolute atomic E-state index is 11.3. The molecule has 18 heavy (non-hydrogen) atoms. The van der Waals surface area contributed by atoms with Gasteiger partial charge in [0.05, 0.1) is 21.1 Å². The zero-order valence-corrected chi connectivity index (χ0v) is 12.3. The van der Waals surface area contributed by atoms with E-state index in [2.05, 4.69) is 21.1 Å². The van der Waals surface area contributed by atoms with Crippen molar-refractivity contribution >= 4 is 5.97 Å². The topological polar surface area (TPSA) is 26.3 Å². The molecular weight excluding hydrogens is 226 g/mol. The van der Waals surface area contributed by atoms with Gasteiger partial charge < -0.3 is 9.22 Å². The number of quaternary nitrogens is 1. The third-order valence-electron chi connectivity index (χ3n) is 4.89. The second-order valence-corrected chi connectivity index (χ2v) is 7.11. The summed E-state index contributed by atoms with van der Waals surface area (Å²) in [6.45, 7) is 1.54. The van der Waals surface area contributed by atoms with Gasteiger partial charge in [-0.15, -0.1) is 0 Å². The van der Waals surface area contributed by atoms with Gasteiger partial charge in [-0.3, -0.25) is 4.79 Å². The van der Waals surface area contributed by atoms with Crippen LogP contribution in [0.25, 0.3) is 0 Å². The molecule has 0 N–H and O–H groups in total. The van der Waals surface area contributed by atoms with E-state index in [1.54, 1.807) is 6.92 Å². The molecule has 0 saturated heterocycles. The van der Waals surface area contributed by atoms with Gasteiger partial charge >= 0.3 is 5.97 Å². The molecule has 0 aromatic rings. The largest absolute Gasteiger partial charge is 0.456 e. The van der Waals surface area contributed by atoms with E-state index in [0.717, 1.165) is 22.7 Å². The number of hydrogen-bond donors (Lipinski definition) is 0. The molecule has 2 aliphatic carbocycles. The molecule has 0 heterocycles. The Bertz CT molecular complexity index is 308. The van der Waals surface area contributed by atoms with Crippen molar-refractivity contribution in [2.24, 2.45) is 11.8 Å². The number of esters is 1. The van der Waals surface area contributed by atoms with Crippen molar-refractivity contribution in [3.63, 3.8) is 0 Å². The first-order valence-corrected chi connectivity index (χ1v) is 7.36. The zero-order valence-electron chi connectivity index (χ0n) is 12.3. The Morgan fingerprint density at radius 2 is 1.61 bits per heavy atom. The lowest BCUT2D eigenvalue weighted by Gasteiger charge is -2.47. The van der Waals surface area contributed by atoms with Gasteiger partial charge in [-0.1, -0.05) is 19.3 Å². The molecule has 4 unspecified atom stereocenters. The van der Waals surface area contributed by atoms with Crippen LogP contribution in [0.5, 0.6) is 0 Å². The fraction of sp³-hybridized carbons (Fsp3) is 0.933. The highest BCUT2D eigenvalue weighted by molar-refractivity contribution is 5.66. The number of rotatable bonds is 2. The first-order chi connectivity index (χ1) is 8.38. The van der Waals surface area contributed by atoms with Crippen LogP contribution in [-0.4, -0.2) is 43.7 Å². The Labute approximate surface area is 111 Å². The average Bonchev–Trinajstić information content (AvgIpc) is 2.26. The molecule has 0 spiro atoms. The lowest BCUT2D eigenvalue weighted by molar-refractivity contribution is -0.901. The second kappa shape index (κ2) is 5.20. The Morgan fingerprint density at radius 1 is 1.06 bits per heavy atom. The molecule has 2 aliphatic rings.